The standard InChI is InChI=1S/C32H20O6/c1-35-17-11-19(37-3)25-29-23(17)24-18(36-2)12-20(38-4)26-30(24)28-22-14(8-6-10-16(22)32(26)34)13-7-5-9-15(31(25)33)21(13)27(28)29/h5-12H,1-4H3. The van der Waals surface area contributed by atoms with Gasteiger partial charge in [0.1, 0.15) is 23.0 Å². The van der Waals surface area contributed by atoms with E-state index in [-0.39, 0.29) is 10.9 Å². The van der Waals surface area contributed by atoms with Gasteiger partial charge < -0.3 is 18.9 Å². The van der Waals surface area contributed by atoms with E-state index in [1.54, 1.807) is 40.6 Å². The van der Waals surface area contributed by atoms with Crippen LogP contribution in [-0.2, 0) is 0 Å². The van der Waals surface area contributed by atoms with Crippen molar-refractivity contribution in [1.29, 1.82) is 0 Å². The predicted octanol–water partition coefficient (Wildman–Crippen LogP) is 6.27. The van der Waals surface area contributed by atoms with E-state index in [2.05, 4.69) is 0 Å². The lowest BCUT2D eigenvalue weighted by molar-refractivity contribution is 0.398. The second-order valence-electron chi connectivity index (χ2n) is 9.68. The van der Waals surface area contributed by atoms with E-state index in [0.29, 0.717) is 55.3 Å². The summed E-state index contributed by atoms with van der Waals surface area (Å²) in [6.45, 7) is 0. The fraction of sp³-hybridized carbons (Fsp3) is 0.125. The molecule has 0 saturated carbocycles. The summed E-state index contributed by atoms with van der Waals surface area (Å²) in [5.74, 6) is 1.95. The second-order valence-corrected chi connectivity index (χ2v) is 9.68. The smallest absolute Gasteiger partial charge is 0.198 e. The molecule has 0 aliphatic rings. The first-order valence-electron chi connectivity index (χ1n) is 12.3. The third kappa shape index (κ3) is 2.14. The van der Waals surface area contributed by atoms with Crippen LogP contribution < -0.4 is 29.8 Å². The van der Waals surface area contributed by atoms with E-state index in [1.807, 2.05) is 36.4 Å². The Labute approximate surface area is 214 Å². The molecular formula is C32H20O6. The third-order valence-corrected chi connectivity index (χ3v) is 8.25. The van der Waals surface area contributed by atoms with Crippen LogP contribution in [-0.4, -0.2) is 28.4 Å². The van der Waals surface area contributed by atoms with Crippen molar-refractivity contribution in [1.82, 2.24) is 0 Å². The highest BCUT2D eigenvalue weighted by molar-refractivity contribution is 6.50. The van der Waals surface area contributed by atoms with Gasteiger partial charge in [0.2, 0.25) is 0 Å². The van der Waals surface area contributed by atoms with Crippen LogP contribution in [0.2, 0.25) is 0 Å². The molecule has 0 unspecified atom stereocenters. The van der Waals surface area contributed by atoms with E-state index in [1.165, 1.54) is 0 Å². The van der Waals surface area contributed by atoms with E-state index in [4.69, 9.17) is 18.9 Å². The summed E-state index contributed by atoms with van der Waals surface area (Å²) in [5, 5.41) is 10.5. The number of methoxy groups -OCH3 is 4. The van der Waals surface area contributed by atoms with Crippen molar-refractivity contribution in [3.8, 4) is 23.0 Å². The molecule has 6 heteroatoms. The minimum absolute atomic E-state index is 0.107. The summed E-state index contributed by atoms with van der Waals surface area (Å²) < 4.78 is 23.4. The first-order valence-corrected chi connectivity index (χ1v) is 12.3. The number of benzene rings is 8. The molecule has 0 fully saturated rings. The summed E-state index contributed by atoms with van der Waals surface area (Å²) in [6, 6.07) is 15.1. The van der Waals surface area contributed by atoms with Gasteiger partial charge in [0.05, 0.1) is 39.2 Å². The highest BCUT2D eigenvalue weighted by Gasteiger charge is 2.31. The van der Waals surface area contributed by atoms with Crippen molar-refractivity contribution in [2.45, 2.75) is 0 Å². The lowest BCUT2D eigenvalue weighted by Gasteiger charge is -2.25. The third-order valence-electron chi connectivity index (χ3n) is 8.25. The molecule has 0 amide bonds. The Bertz CT molecular complexity index is 2200. The zero-order chi connectivity index (χ0) is 26.0. The van der Waals surface area contributed by atoms with Gasteiger partial charge in [0, 0.05) is 66.0 Å². The van der Waals surface area contributed by atoms with E-state index >= 15 is 0 Å². The van der Waals surface area contributed by atoms with Crippen molar-refractivity contribution in [3.05, 3.63) is 69.0 Å². The maximum atomic E-state index is 14.2. The van der Waals surface area contributed by atoms with Gasteiger partial charge in [-0.15, -0.1) is 0 Å². The zero-order valence-corrected chi connectivity index (χ0v) is 21.1. The molecule has 0 aliphatic carbocycles. The van der Waals surface area contributed by atoms with Gasteiger partial charge >= 0.3 is 0 Å². The normalized spacial score (nSPS) is 12.4. The molecule has 8 rings (SSSR count). The molecule has 0 aromatic heterocycles. The molecule has 0 saturated heterocycles. The van der Waals surface area contributed by atoms with Crippen LogP contribution in [0.5, 0.6) is 23.0 Å². The summed E-state index contributed by atoms with van der Waals surface area (Å²) >= 11 is 0. The SMILES string of the molecule is COc1cc(OC)c2c3c(OC)cc(OC)c4c(=O)c5cccc6c7cccc8c(=O)c1c2c(c87)c(c56)c43. The van der Waals surface area contributed by atoms with Gasteiger partial charge in [-0.3, -0.25) is 9.59 Å². The van der Waals surface area contributed by atoms with Gasteiger partial charge in [-0.25, -0.2) is 0 Å². The Balaban J connectivity index is 1.96. The summed E-state index contributed by atoms with van der Waals surface area (Å²) in [5.41, 5.74) is -0.214. The Hall–Kier alpha value is -4.84. The number of hydrogen-bond donors (Lipinski definition) is 0. The van der Waals surface area contributed by atoms with Gasteiger partial charge in [0.25, 0.3) is 0 Å². The maximum absolute atomic E-state index is 14.2. The topological polar surface area (TPSA) is 71.1 Å². The number of hydrogen-bond acceptors (Lipinski definition) is 6. The van der Waals surface area contributed by atoms with Crippen molar-refractivity contribution < 1.29 is 18.9 Å². The molecular weight excluding hydrogens is 480 g/mol. The Morgan fingerprint density at radius 1 is 0.395 bits per heavy atom. The molecule has 6 nitrogen and oxygen atoms in total. The lowest BCUT2D eigenvalue weighted by Crippen LogP contribution is -2.11. The van der Waals surface area contributed by atoms with Crippen LogP contribution in [0.3, 0.4) is 0 Å². The van der Waals surface area contributed by atoms with Gasteiger partial charge in [-0.1, -0.05) is 36.4 Å². The Kier molecular flexibility index (Phi) is 3.87. The average Bonchev–Trinajstić information content (AvgIpc) is 2.96. The molecule has 0 spiro atoms. The predicted molar refractivity (Wildman–Crippen MR) is 152 cm³/mol. The molecule has 8 aromatic rings. The molecule has 0 heterocycles. The zero-order valence-electron chi connectivity index (χ0n) is 21.1. The Morgan fingerprint density at radius 3 is 1.08 bits per heavy atom. The lowest BCUT2D eigenvalue weighted by atomic mass is 9.79. The first kappa shape index (κ1) is 21.3. The van der Waals surface area contributed by atoms with Crippen molar-refractivity contribution in [3.63, 3.8) is 0 Å². The van der Waals surface area contributed by atoms with Crippen molar-refractivity contribution in [2.75, 3.05) is 28.4 Å². The van der Waals surface area contributed by atoms with Crippen LogP contribution in [0.25, 0.3) is 75.4 Å². The van der Waals surface area contributed by atoms with Gasteiger partial charge in [0.15, 0.2) is 10.9 Å². The molecule has 0 bridgehead atoms. The summed E-state index contributed by atoms with van der Waals surface area (Å²) in [4.78, 5) is 28.3. The number of ether oxygens (including phenoxy) is 4. The highest BCUT2D eigenvalue weighted by atomic mass is 16.5. The van der Waals surface area contributed by atoms with Crippen LogP contribution >= 0.6 is 0 Å². The number of rotatable bonds is 4. The van der Waals surface area contributed by atoms with Crippen molar-refractivity contribution >= 4 is 75.4 Å². The highest BCUT2D eigenvalue weighted by Crippen LogP contribution is 2.55. The van der Waals surface area contributed by atoms with Crippen molar-refractivity contribution in [2.24, 2.45) is 0 Å². The van der Waals surface area contributed by atoms with Crippen LogP contribution in [0.1, 0.15) is 0 Å². The molecule has 8 aromatic carbocycles. The first-order chi connectivity index (χ1) is 18.5. The monoisotopic (exact) mass is 500 g/mol. The molecule has 0 radical (unpaired) electrons. The molecule has 0 aliphatic heterocycles. The minimum atomic E-state index is -0.107. The molecule has 0 atom stereocenters. The van der Waals surface area contributed by atoms with E-state index < -0.39 is 0 Å². The van der Waals surface area contributed by atoms with Gasteiger partial charge in [-0.2, -0.15) is 0 Å². The van der Waals surface area contributed by atoms with E-state index in [0.717, 1.165) is 43.1 Å². The van der Waals surface area contributed by atoms with Crippen LogP contribution in [0.4, 0.5) is 0 Å². The second kappa shape index (κ2) is 6.92. The minimum Gasteiger partial charge on any atom is -0.496 e. The molecule has 184 valence electrons. The molecule has 38 heavy (non-hydrogen) atoms. The fourth-order valence-corrected chi connectivity index (χ4v) is 6.85. The molecule has 0 N–H and O–H groups in total. The van der Waals surface area contributed by atoms with Crippen LogP contribution in [0, 0.1) is 0 Å². The van der Waals surface area contributed by atoms with Gasteiger partial charge in [-0.05, 0) is 10.8 Å². The average molecular weight is 501 g/mol. The fourth-order valence-electron chi connectivity index (χ4n) is 6.85. The quantitative estimate of drug-likeness (QED) is 0.210. The van der Waals surface area contributed by atoms with Crippen LogP contribution in [0.15, 0.2) is 58.1 Å². The van der Waals surface area contributed by atoms with E-state index in [9.17, 15) is 9.59 Å². The summed E-state index contributed by atoms with van der Waals surface area (Å²) in [7, 11) is 6.30. The Morgan fingerprint density at radius 2 is 0.711 bits per heavy atom. The maximum Gasteiger partial charge on any atom is 0.198 e. The largest absolute Gasteiger partial charge is 0.496 e. The number of fused-ring (bicyclic) bond motifs is 2. The summed E-state index contributed by atoms with van der Waals surface area (Å²) in [6.07, 6.45) is 0.